The minimum absolute atomic E-state index is 0.171. The van der Waals surface area contributed by atoms with Gasteiger partial charge in [0.15, 0.2) is 0 Å². The molecule has 2 amide bonds. The molecule has 3 aromatic carbocycles. The van der Waals surface area contributed by atoms with E-state index in [0.29, 0.717) is 17.8 Å². The zero-order valence-electron chi connectivity index (χ0n) is 17.8. The van der Waals surface area contributed by atoms with Crippen LogP contribution in [0.1, 0.15) is 21.5 Å². The van der Waals surface area contributed by atoms with E-state index in [1.165, 1.54) is 11.6 Å². The van der Waals surface area contributed by atoms with Gasteiger partial charge in [-0.3, -0.25) is 9.59 Å². The second-order valence-electron chi connectivity index (χ2n) is 7.35. The van der Waals surface area contributed by atoms with Crippen molar-refractivity contribution in [1.29, 1.82) is 0 Å². The lowest BCUT2D eigenvalue weighted by molar-refractivity contribution is -0.111. The molecule has 31 heavy (non-hydrogen) atoms. The second kappa shape index (κ2) is 10.8. The average Bonchev–Trinajstić information content (AvgIpc) is 2.79. The fourth-order valence-electron chi connectivity index (χ4n) is 3.17. The van der Waals surface area contributed by atoms with Gasteiger partial charge in [0.05, 0.1) is 5.56 Å². The molecule has 0 spiro atoms. The molecule has 0 fully saturated rings. The van der Waals surface area contributed by atoms with Crippen LogP contribution < -0.4 is 15.5 Å². The first-order valence-electron chi connectivity index (χ1n) is 10.2. The summed E-state index contributed by atoms with van der Waals surface area (Å²) in [5.41, 5.74) is 3.99. The van der Waals surface area contributed by atoms with Crippen LogP contribution >= 0.6 is 0 Å². The van der Waals surface area contributed by atoms with Gasteiger partial charge in [0.25, 0.3) is 5.91 Å². The van der Waals surface area contributed by atoms with Crippen LogP contribution in [-0.2, 0) is 11.2 Å². The third-order valence-corrected chi connectivity index (χ3v) is 4.76. The highest BCUT2D eigenvalue weighted by molar-refractivity contribution is 6.05. The van der Waals surface area contributed by atoms with Crippen molar-refractivity contribution >= 4 is 29.3 Å². The fourth-order valence-corrected chi connectivity index (χ4v) is 3.17. The van der Waals surface area contributed by atoms with E-state index >= 15 is 0 Å². The Bertz CT molecular complexity index is 1040. The molecule has 3 rings (SSSR count). The predicted molar refractivity (Wildman–Crippen MR) is 127 cm³/mol. The molecule has 0 bridgehead atoms. The first kappa shape index (κ1) is 21.8. The van der Waals surface area contributed by atoms with Crippen molar-refractivity contribution in [2.24, 2.45) is 0 Å². The molecule has 3 aromatic rings. The molecule has 0 unspecified atom stereocenters. The normalized spacial score (nSPS) is 10.6. The van der Waals surface area contributed by atoms with Gasteiger partial charge in [0.2, 0.25) is 5.91 Å². The Morgan fingerprint density at radius 1 is 0.903 bits per heavy atom. The van der Waals surface area contributed by atoms with E-state index in [1.54, 1.807) is 18.2 Å². The molecule has 5 nitrogen and oxygen atoms in total. The van der Waals surface area contributed by atoms with Gasteiger partial charge >= 0.3 is 0 Å². The standard InChI is InChI=1S/C26H27N3O2/c1-29(2)24-15-14-22(28-25(30)16-13-20-9-5-3-6-10-20)19-23(24)26(31)27-18-17-21-11-7-4-8-12-21/h3-16,19H,17-18H2,1-2H3,(H,27,31)(H,28,30)/b16-13+. The smallest absolute Gasteiger partial charge is 0.253 e. The monoisotopic (exact) mass is 413 g/mol. The number of nitrogens with one attached hydrogen (secondary N) is 2. The molecule has 0 aliphatic carbocycles. The van der Waals surface area contributed by atoms with Gasteiger partial charge in [-0.05, 0) is 41.8 Å². The Morgan fingerprint density at radius 3 is 2.26 bits per heavy atom. The minimum atomic E-state index is -0.253. The molecule has 0 aromatic heterocycles. The van der Waals surface area contributed by atoms with Crippen molar-refractivity contribution < 1.29 is 9.59 Å². The lowest BCUT2D eigenvalue weighted by Crippen LogP contribution is -2.28. The van der Waals surface area contributed by atoms with Crippen molar-refractivity contribution in [3.8, 4) is 0 Å². The molecule has 158 valence electrons. The van der Waals surface area contributed by atoms with Crippen LogP contribution in [0.2, 0.25) is 0 Å². The number of rotatable bonds is 8. The number of hydrogen-bond donors (Lipinski definition) is 2. The van der Waals surface area contributed by atoms with Crippen LogP contribution in [0.15, 0.2) is 84.9 Å². The number of carbonyl (C=O) groups is 2. The zero-order valence-corrected chi connectivity index (χ0v) is 17.8. The molecule has 5 heteroatoms. The lowest BCUT2D eigenvalue weighted by atomic mass is 10.1. The molecular weight excluding hydrogens is 386 g/mol. The Kier molecular flexibility index (Phi) is 7.60. The van der Waals surface area contributed by atoms with E-state index in [0.717, 1.165) is 17.7 Å². The summed E-state index contributed by atoms with van der Waals surface area (Å²) in [4.78, 5) is 27.0. The van der Waals surface area contributed by atoms with E-state index in [2.05, 4.69) is 10.6 Å². The highest BCUT2D eigenvalue weighted by atomic mass is 16.2. The highest BCUT2D eigenvalue weighted by Crippen LogP contribution is 2.23. The van der Waals surface area contributed by atoms with E-state index in [4.69, 9.17) is 0 Å². The summed E-state index contributed by atoms with van der Waals surface area (Å²) in [5.74, 6) is -0.424. The Balaban J connectivity index is 1.67. The SMILES string of the molecule is CN(C)c1ccc(NC(=O)/C=C/c2ccccc2)cc1C(=O)NCCc1ccccc1. The summed E-state index contributed by atoms with van der Waals surface area (Å²) in [7, 11) is 3.77. The van der Waals surface area contributed by atoms with Crippen LogP contribution in [-0.4, -0.2) is 32.5 Å². The van der Waals surface area contributed by atoms with Gasteiger partial charge in [-0.15, -0.1) is 0 Å². The van der Waals surface area contributed by atoms with Crippen molar-refractivity contribution in [1.82, 2.24) is 5.32 Å². The molecule has 0 aliphatic rings. The molecule has 0 saturated heterocycles. The molecule has 0 atom stereocenters. The quantitative estimate of drug-likeness (QED) is 0.539. The highest BCUT2D eigenvalue weighted by Gasteiger charge is 2.14. The van der Waals surface area contributed by atoms with E-state index < -0.39 is 0 Å². The van der Waals surface area contributed by atoms with Gasteiger partial charge in [0, 0.05) is 38.1 Å². The summed E-state index contributed by atoms with van der Waals surface area (Å²) in [6.45, 7) is 0.534. The predicted octanol–water partition coefficient (Wildman–Crippen LogP) is 4.38. The van der Waals surface area contributed by atoms with Crippen LogP contribution in [0.25, 0.3) is 6.08 Å². The number of amides is 2. The van der Waals surface area contributed by atoms with E-state index in [-0.39, 0.29) is 11.8 Å². The first-order valence-corrected chi connectivity index (χ1v) is 10.2. The maximum Gasteiger partial charge on any atom is 0.253 e. The molecule has 0 aliphatic heterocycles. The third-order valence-electron chi connectivity index (χ3n) is 4.76. The van der Waals surface area contributed by atoms with Gasteiger partial charge in [-0.2, -0.15) is 0 Å². The van der Waals surface area contributed by atoms with E-state index in [9.17, 15) is 9.59 Å². The maximum atomic E-state index is 12.8. The second-order valence-corrected chi connectivity index (χ2v) is 7.35. The minimum Gasteiger partial charge on any atom is -0.377 e. The average molecular weight is 414 g/mol. The Labute approximate surface area is 183 Å². The molecule has 0 saturated carbocycles. The number of nitrogens with zero attached hydrogens (tertiary/aromatic N) is 1. The third kappa shape index (κ3) is 6.57. The summed E-state index contributed by atoms with van der Waals surface area (Å²) >= 11 is 0. The lowest BCUT2D eigenvalue weighted by Gasteiger charge is -2.18. The molecular formula is C26H27N3O2. The van der Waals surface area contributed by atoms with E-state index in [1.807, 2.05) is 85.7 Å². The largest absolute Gasteiger partial charge is 0.377 e. The Hall–Kier alpha value is -3.86. The number of anilines is 2. The number of benzene rings is 3. The maximum absolute atomic E-state index is 12.8. The summed E-state index contributed by atoms with van der Waals surface area (Å²) in [6.07, 6.45) is 3.99. The molecule has 0 radical (unpaired) electrons. The zero-order chi connectivity index (χ0) is 22.1. The van der Waals surface area contributed by atoms with Gasteiger partial charge in [-0.25, -0.2) is 0 Å². The summed E-state index contributed by atoms with van der Waals surface area (Å²) < 4.78 is 0. The van der Waals surface area contributed by atoms with Crippen molar-refractivity contribution in [2.45, 2.75) is 6.42 Å². The van der Waals surface area contributed by atoms with Crippen molar-refractivity contribution in [3.05, 3.63) is 102 Å². The van der Waals surface area contributed by atoms with Crippen molar-refractivity contribution in [3.63, 3.8) is 0 Å². The first-order chi connectivity index (χ1) is 15.0. The summed E-state index contributed by atoms with van der Waals surface area (Å²) in [6, 6.07) is 25.0. The van der Waals surface area contributed by atoms with Gasteiger partial charge in [0.1, 0.15) is 0 Å². The van der Waals surface area contributed by atoms with Crippen molar-refractivity contribution in [2.75, 3.05) is 30.9 Å². The van der Waals surface area contributed by atoms with Gasteiger partial charge < -0.3 is 15.5 Å². The van der Waals surface area contributed by atoms with Crippen LogP contribution in [0, 0.1) is 0 Å². The topological polar surface area (TPSA) is 61.4 Å². The van der Waals surface area contributed by atoms with Crippen LogP contribution in [0.5, 0.6) is 0 Å². The number of carbonyl (C=O) groups excluding carboxylic acids is 2. The molecule has 2 N–H and O–H groups in total. The molecule has 0 heterocycles. The number of hydrogen-bond acceptors (Lipinski definition) is 3. The van der Waals surface area contributed by atoms with Crippen LogP contribution in [0.4, 0.5) is 11.4 Å². The van der Waals surface area contributed by atoms with Gasteiger partial charge in [-0.1, -0.05) is 60.7 Å². The fraction of sp³-hybridized carbons (Fsp3) is 0.154. The Morgan fingerprint density at radius 2 is 1.58 bits per heavy atom. The summed E-state index contributed by atoms with van der Waals surface area (Å²) in [5, 5.41) is 5.81. The van der Waals surface area contributed by atoms with Crippen LogP contribution in [0.3, 0.4) is 0 Å².